The SMILES string of the molecule is c1ccc(-c2ccc(-c3ccccc3-c3ccc4ccccc4c3-c3nc(-c4ccccc4)nc(-c4ccc(-c5cccc(-c6nc(-c7c(-c8ccc(-c9c(-c%10ccccc%10)ccc%10ccccc9%10)c9ccccc89)ccc8ccccc78)nc(-c7cccc8c7sc7ccccc78)n6)c5)c5c4sc4ccccc45)n3)cc2)cc1. The highest BCUT2D eigenvalue weighted by atomic mass is 32.1. The molecule has 6 nitrogen and oxygen atoms in total. The van der Waals surface area contributed by atoms with Crippen LogP contribution in [0.1, 0.15) is 0 Å². The van der Waals surface area contributed by atoms with Crippen molar-refractivity contribution in [3.05, 3.63) is 388 Å². The average Bonchev–Trinajstić information content (AvgIpc) is 1.73. The van der Waals surface area contributed by atoms with Crippen molar-refractivity contribution >= 4 is 106 Å². The van der Waals surface area contributed by atoms with Crippen LogP contribution in [0.25, 0.3) is 230 Å². The van der Waals surface area contributed by atoms with Crippen molar-refractivity contribution in [1.82, 2.24) is 29.9 Å². The number of fused-ring (bicyclic) bond motifs is 10. The van der Waals surface area contributed by atoms with Crippen LogP contribution < -0.4 is 0 Å². The molecule has 8 heteroatoms. The molecule has 0 spiro atoms. The van der Waals surface area contributed by atoms with Gasteiger partial charge < -0.3 is 0 Å². The second kappa shape index (κ2) is 27.8. The Morgan fingerprint density at radius 2 is 0.526 bits per heavy atom. The van der Waals surface area contributed by atoms with Gasteiger partial charge in [0.25, 0.3) is 0 Å². The first-order valence-electron chi connectivity index (χ1n) is 38.5. The molecule has 530 valence electrons. The maximum Gasteiger partial charge on any atom is 0.165 e. The van der Waals surface area contributed by atoms with E-state index < -0.39 is 0 Å². The summed E-state index contributed by atoms with van der Waals surface area (Å²) < 4.78 is 4.55. The summed E-state index contributed by atoms with van der Waals surface area (Å²) in [5.74, 6) is 3.48. The first-order valence-corrected chi connectivity index (χ1v) is 40.1. The normalized spacial score (nSPS) is 11.7. The third-order valence-electron chi connectivity index (χ3n) is 22.5. The largest absolute Gasteiger partial charge is 0.208 e. The second-order valence-electron chi connectivity index (χ2n) is 29.0. The van der Waals surface area contributed by atoms with E-state index in [2.05, 4.69) is 382 Å². The number of rotatable bonds is 13. The Balaban J connectivity index is 0.724. The van der Waals surface area contributed by atoms with Crippen molar-refractivity contribution in [1.29, 1.82) is 0 Å². The lowest BCUT2D eigenvalue weighted by Gasteiger charge is -2.19. The fourth-order valence-electron chi connectivity index (χ4n) is 17.1. The summed E-state index contributed by atoms with van der Waals surface area (Å²) in [6, 6.07) is 140. The summed E-state index contributed by atoms with van der Waals surface area (Å²) in [4.78, 5) is 34.0. The molecule has 22 aromatic rings. The number of thiophene rings is 2. The molecule has 114 heavy (non-hydrogen) atoms. The van der Waals surface area contributed by atoms with E-state index in [4.69, 9.17) is 29.9 Å². The molecular weight excluding hydrogens is 1420 g/mol. The van der Waals surface area contributed by atoms with Crippen molar-refractivity contribution in [2.45, 2.75) is 0 Å². The van der Waals surface area contributed by atoms with Gasteiger partial charge in [0.05, 0.1) is 0 Å². The van der Waals surface area contributed by atoms with Crippen LogP contribution in [0, 0.1) is 0 Å². The van der Waals surface area contributed by atoms with E-state index in [1.165, 1.54) is 59.6 Å². The molecule has 0 unspecified atom stereocenters. The van der Waals surface area contributed by atoms with Crippen LogP contribution in [0.5, 0.6) is 0 Å². The fourth-order valence-corrected chi connectivity index (χ4v) is 19.6. The first-order chi connectivity index (χ1) is 56.5. The van der Waals surface area contributed by atoms with Crippen molar-refractivity contribution < 1.29 is 0 Å². The molecule has 0 saturated heterocycles. The molecule has 0 aliphatic rings. The van der Waals surface area contributed by atoms with Crippen molar-refractivity contribution in [2.24, 2.45) is 0 Å². The van der Waals surface area contributed by atoms with Crippen molar-refractivity contribution in [2.75, 3.05) is 0 Å². The Morgan fingerprint density at radius 3 is 1.18 bits per heavy atom. The van der Waals surface area contributed by atoms with E-state index >= 15 is 0 Å². The van der Waals surface area contributed by atoms with Crippen molar-refractivity contribution in [3.63, 3.8) is 0 Å². The zero-order chi connectivity index (χ0) is 75.2. The first kappa shape index (κ1) is 66.4. The molecule has 22 rings (SSSR count). The van der Waals surface area contributed by atoms with Gasteiger partial charge in [-0.15, -0.1) is 22.7 Å². The maximum atomic E-state index is 5.78. The number of benzene rings is 18. The van der Waals surface area contributed by atoms with E-state index in [1.54, 1.807) is 22.7 Å². The highest BCUT2D eigenvalue weighted by Gasteiger charge is 2.27. The lowest BCUT2D eigenvalue weighted by atomic mass is 9.84. The lowest BCUT2D eigenvalue weighted by molar-refractivity contribution is 1.08. The van der Waals surface area contributed by atoms with Gasteiger partial charge in [0, 0.05) is 73.7 Å². The summed E-state index contributed by atoms with van der Waals surface area (Å²) in [5, 5.41) is 13.5. The average molecular weight is 1490 g/mol. The fraction of sp³-hybridized carbons (Fsp3) is 0. The minimum atomic E-state index is 0.559. The third-order valence-corrected chi connectivity index (χ3v) is 24.9. The summed E-state index contributed by atoms with van der Waals surface area (Å²) in [7, 11) is 0. The number of aromatic nitrogens is 6. The molecule has 0 aliphatic carbocycles. The molecule has 4 heterocycles. The van der Waals surface area contributed by atoms with Crippen LogP contribution in [0.3, 0.4) is 0 Å². The highest BCUT2D eigenvalue weighted by Crippen LogP contribution is 2.51. The molecule has 0 fully saturated rings. The van der Waals surface area contributed by atoms with Crippen LogP contribution in [0.4, 0.5) is 0 Å². The van der Waals surface area contributed by atoms with Crippen LogP contribution in [-0.2, 0) is 0 Å². The van der Waals surface area contributed by atoms with Crippen LogP contribution in [0.15, 0.2) is 388 Å². The topological polar surface area (TPSA) is 77.3 Å². The summed E-state index contributed by atoms with van der Waals surface area (Å²) in [6.45, 7) is 0. The van der Waals surface area contributed by atoms with E-state index in [0.717, 1.165) is 135 Å². The number of nitrogens with zero attached hydrogens (tertiary/aromatic N) is 6. The van der Waals surface area contributed by atoms with Gasteiger partial charge in [-0.3, -0.25) is 0 Å². The zero-order valence-electron chi connectivity index (χ0n) is 61.5. The Labute approximate surface area is 665 Å². The smallest absolute Gasteiger partial charge is 0.165 e. The Kier molecular flexibility index (Phi) is 16.2. The quantitative estimate of drug-likeness (QED) is 0.114. The monoisotopic (exact) mass is 1480 g/mol. The standard InChI is InChI=1S/C106H64N6S2/c1-4-26-65(27-5-1)66-50-52-71(53-51-66)75-37-16-17-41-81(75)87-58-55-69-31-11-14-39-77(69)97(87)105-109-101(72-33-8-3-9-34-72)107-104(112-105)92-63-60-80(96-90-45-21-23-49-94(90)114-100(92)96)73-35-24-36-74(64-73)102-108-103(91-47-25-46-89-85-44-20-22-48-93(85)113-99(89)91)111-106(110-102)98-78-40-15-12-32-70(78)56-59-88(98)84-61-62-86(83-43-19-18-42-82(83)84)95-76-38-13-10-30-68(76)54-57-79(95)67-28-6-2-7-29-67/h1-64H. The Bertz CT molecular complexity index is 7600. The van der Waals surface area contributed by atoms with Gasteiger partial charge in [-0.25, -0.2) is 29.9 Å². The number of hydrogen-bond acceptors (Lipinski definition) is 8. The summed E-state index contributed by atoms with van der Waals surface area (Å²) in [5.41, 5.74) is 21.0. The molecule has 0 atom stereocenters. The molecule has 0 bridgehead atoms. The molecule has 0 radical (unpaired) electrons. The number of hydrogen-bond donors (Lipinski definition) is 0. The minimum absolute atomic E-state index is 0.559. The van der Waals surface area contributed by atoms with E-state index in [-0.39, 0.29) is 0 Å². The van der Waals surface area contributed by atoms with Crippen LogP contribution >= 0.6 is 22.7 Å². The van der Waals surface area contributed by atoms with Crippen molar-refractivity contribution in [3.8, 4) is 146 Å². The van der Waals surface area contributed by atoms with E-state index in [1.807, 2.05) is 6.07 Å². The molecule has 0 N–H and O–H groups in total. The predicted molar refractivity (Wildman–Crippen MR) is 480 cm³/mol. The zero-order valence-corrected chi connectivity index (χ0v) is 63.1. The van der Waals surface area contributed by atoms with Gasteiger partial charge in [0.15, 0.2) is 34.9 Å². The predicted octanol–water partition coefficient (Wildman–Crippen LogP) is 29.1. The van der Waals surface area contributed by atoms with E-state index in [0.29, 0.717) is 34.9 Å². The highest BCUT2D eigenvalue weighted by molar-refractivity contribution is 7.26. The Hall–Kier alpha value is -14.5. The van der Waals surface area contributed by atoms with Crippen LogP contribution in [-0.4, -0.2) is 29.9 Å². The third kappa shape index (κ3) is 11.4. The lowest BCUT2D eigenvalue weighted by Crippen LogP contribution is -2.02. The van der Waals surface area contributed by atoms with Gasteiger partial charge in [-0.2, -0.15) is 0 Å². The molecule has 4 aromatic heterocycles. The molecule has 18 aromatic carbocycles. The summed E-state index contributed by atoms with van der Waals surface area (Å²) >= 11 is 3.55. The van der Waals surface area contributed by atoms with Gasteiger partial charge in [0.2, 0.25) is 0 Å². The second-order valence-corrected chi connectivity index (χ2v) is 31.1. The molecule has 0 amide bonds. The van der Waals surface area contributed by atoms with Gasteiger partial charge >= 0.3 is 0 Å². The molecular formula is C106H64N6S2. The van der Waals surface area contributed by atoms with Crippen LogP contribution in [0.2, 0.25) is 0 Å². The molecule has 0 saturated carbocycles. The van der Waals surface area contributed by atoms with Gasteiger partial charge in [0.1, 0.15) is 0 Å². The summed E-state index contributed by atoms with van der Waals surface area (Å²) in [6.07, 6.45) is 0. The van der Waals surface area contributed by atoms with Gasteiger partial charge in [-0.05, 0) is 151 Å². The Morgan fingerprint density at radius 1 is 0.158 bits per heavy atom. The maximum absolute atomic E-state index is 5.78. The molecule has 0 aliphatic heterocycles. The van der Waals surface area contributed by atoms with E-state index in [9.17, 15) is 0 Å². The van der Waals surface area contributed by atoms with Gasteiger partial charge in [-0.1, -0.05) is 358 Å². The minimum Gasteiger partial charge on any atom is -0.208 e.